The van der Waals surface area contributed by atoms with Gasteiger partial charge in [-0.05, 0) is 13.0 Å². The van der Waals surface area contributed by atoms with Gasteiger partial charge in [0.25, 0.3) is 0 Å². The Balaban J connectivity index is 1.57. The fraction of sp³-hybridized carbons (Fsp3) is 0.176. The van der Waals surface area contributed by atoms with E-state index in [-0.39, 0.29) is 16.3 Å². The van der Waals surface area contributed by atoms with Gasteiger partial charge in [-0.2, -0.15) is 15.3 Å². The molecular weight excluding hydrogens is 433 g/mol. The first kappa shape index (κ1) is 20.0. The van der Waals surface area contributed by atoms with Crippen LogP contribution >= 0.6 is 23.2 Å². The first-order valence-electron chi connectivity index (χ1n) is 8.63. The van der Waals surface area contributed by atoms with Crippen LogP contribution in [0.2, 0.25) is 10.2 Å². The molecule has 0 unspecified atom stereocenters. The van der Waals surface area contributed by atoms with E-state index in [2.05, 4.69) is 35.9 Å². The quantitative estimate of drug-likeness (QED) is 0.480. The Morgan fingerprint density at radius 1 is 1.17 bits per heavy atom. The van der Waals surface area contributed by atoms with Gasteiger partial charge in [-0.3, -0.25) is 0 Å². The first-order chi connectivity index (χ1) is 14.5. The number of imidazole rings is 1. The summed E-state index contributed by atoms with van der Waals surface area (Å²) in [6.45, 7) is 1.83. The molecule has 4 rings (SSSR count). The topological polar surface area (TPSA) is 124 Å². The minimum Gasteiger partial charge on any atom is -0.377 e. The number of aromatic nitrogens is 7. The Labute approximate surface area is 180 Å². The number of urea groups is 1. The van der Waals surface area contributed by atoms with Gasteiger partial charge in [0, 0.05) is 7.11 Å². The van der Waals surface area contributed by atoms with E-state index in [9.17, 15) is 4.79 Å². The second-order valence-electron chi connectivity index (χ2n) is 6.11. The van der Waals surface area contributed by atoms with E-state index in [0.717, 1.165) is 0 Å². The van der Waals surface area contributed by atoms with Crippen LogP contribution in [0.15, 0.2) is 37.1 Å². The van der Waals surface area contributed by atoms with E-state index in [4.69, 9.17) is 27.9 Å². The highest BCUT2D eigenvalue weighted by atomic mass is 35.5. The van der Waals surface area contributed by atoms with Crippen LogP contribution < -0.4 is 10.6 Å². The minimum absolute atomic E-state index is 0.271. The molecule has 4 aromatic rings. The van der Waals surface area contributed by atoms with Gasteiger partial charge in [-0.15, -0.1) is 4.80 Å². The number of methoxy groups -OCH3 is 1. The average Bonchev–Trinajstić information content (AvgIpc) is 3.36. The smallest absolute Gasteiger partial charge is 0.323 e. The zero-order chi connectivity index (χ0) is 21.3. The lowest BCUT2D eigenvalue weighted by atomic mass is 10.1. The maximum absolute atomic E-state index is 12.6. The molecule has 1 atom stereocenters. The van der Waals surface area contributed by atoms with E-state index in [1.54, 1.807) is 19.4 Å². The zero-order valence-electron chi connectivity index (χ0n) is 15.7. The molecule has 2 N–H and O–H groups in total. The number of halogens is 2. The minimum atomic E-state index is -0.522. The summed E-state index contributed by atoms with van der Waals surface area (Å²) in [4.78, 5) is 22.3. The molecule has 0 bridgehead atoms. The molecule has 2 amide bonds. The SMILES string of the molecule is CO[C@H](C)c1c(NC(=O)Nc2cnc(-n3nccn3)c(Cl)c2)cnn2cc(Cl)nc12. The van der Waals surface area contributed by atoms with Gasteiger partial charge in [0.2, 0.25) is 0 Å². The fourth-order valence-electron chi connectivity index (χ4n) is 2.80. The van der Waals surface area contributed by atoms with Crippen LogP contribution in [-0.2, 0) is 4.74 Å². The maximum atomic E-state index is 12.6. The predicted octanol–water partition coefficient (Wildman–Crippen LogP) is 3.36. The van der Waals surface area contributed by atoms with Gasteiger partial charge in [-0.25, -0.2) is 19.3 Å². The molecule has 0 aliphatic heterocycles. The Morgan fingerprint density at radius 3 is 2.63 bits per heavy atom. The third kappa shape index (κ3) is 3.90. The standard InChI is InChI=1S/C17H15Cl2N9O2/c1-9(30-2)14-12(7-23-27-8-13(19)26-16(14)27)25-17(29)24-10-5-11(18)15(20-6-10)28-21-3-4-22-28/h3-9H,1-2H3,(H2,24,25,29)/t9-/m1/s1. The molecular formula is C17H15Cl2N9O2. The molecule has 11 nitrogen and oxygen atoms in total. The van der Waals surface area contributed by atoms with Crippen LogP contribution in [0.4, 0.5) is 16.2 Å². The first-order valence-corrected chi connectivity index (χ1v) is 9.38. The lowest BCUT2D eigenvalue weighted by molar-refractivity contribution is 0.120. The number of hydrogen-bond donors (Lipinski definition) is 2. The van der Waals surface area contributed by atoms with Crippen molar-refractivity contribution in [2.24, 2.45) is 0 Å². The highest BCUT2D eigenvalue weighted by Crippen LogP contribution is 2.29. The van der Waals surface area contributed by atoms with Crippen molar-refractivity contribution in [2.75, 3.05) is 17.7 Å². The molecule has 0 radical (unpaired) electrons. The number of ether oxygens (including phenoxy) is 1. The maximum Gasteiger partial charge on any atom is 0.323 e. The summed E-state index contributed by atoms with van der Waals surface area (Å²) >= 11 is 12.2. The highest BCUT2D eigenvalue weighted by Gasteiger charge is 2.19. The fourth-order valence-corrected chi connectivity index (χ4v) is 3.21. The Bertz CT molecular complexity index is 1210. The molecule has 154 valence electrons. The van der Waals surface area contributed by atoms with Gasteiger partial charge in [0.15, 0.2) is 11.5 Å². The van der Waals surface area contributed by atoms with Crippen molar-refractivity contribution in [3.8, 4) is 5.82 Å². The van der Waals surface area contributed by atoms with E-state index in [1.165, 1.54) is 34.1 Å². The van der Waals surface area contributed by atoms with Gasteiger partial charge in [-0.1, -0.05) is 23.2 Å². The van der Waals surface area contributed by atoms with Crippen LogP contribution in [0.3, 0.4) is 0 Å². The summed E-state index contributed by atoms with van der Waals surface area (Å²) in [5.74, 6) is 0.342. The Morgan fingerprint density at radius 2 is 1.93 bits per heavy atom. The number of hydrogen-bond acceptors (Lipinski definition) is 7. The van der Waals surface area contributed by atoms with Crippen LogP contribution in [-0.4, -0.2) is 47.7 Å². The molecule has 0 spiro atoms. The van der Waals surface area contributed by atoms with E-state index >= 15 is 0 Å². The van der Waals surface area contributed by atoms with Crippen molar-refractivity contribution in [3.63, 3.8) is 0 Å². The molecule has 0 aliphatic carbocycles. The Kier molecular flexibility index (Phi) is 5.48. The highest BCUT2D eigenvalue weighted by molar-refractivity contribution is 6.32. The number of pyridine rings is 1. The zero-order valence-corrected chi connectivity index (χ0v) is 17.3. The number of carbonyl (C=O) groups is 1. The average molecular weight is 448 g/mol. The Hall–Kier alpha value is -3.28. The number of nitrogens with one attached hydrogen (secondary N) is 2. The van der Waals surface area contributed by atoms with Crippen molar-refractivity contribution in [2.45, 2.75) is 13.0 Å². The largest absolute Gasteiger partial charge is 0.377 e. The lowest BCUT2D eigenvalue weighted by Crippen LogP contribution is -2.22. The van der Waals surface area contributed by atoms with Crippen LogP contribution in [0.1, 0.15) is 18.6 Å². The van der Waals surface area contributed by atoms with Gasteiger partial charge in [0.1, 0.15) is 5.15 Å². The van der Waals surface area contributed by atoms with Crippen molar-refractivity contribution in [1.29, 1.82) is 0 Å². The molecule has 0 saturated carbocycles. The summed E-state index contributed by atoms with van der Waals surface area (Å²) in [6.07, 6.45) is 7.14. The van der Waals surface area contributed by atoms with Crippen molar-refractivity contribution >= 4 is 46.3 Å². The molecule has 4 heterocycles. The van der Waals surface area contributed by atoms with E-state index < -0.39 is 6.03 Å². The number of amides is 2. The van der Waals surface area contributed by atoms with E-state index in [0.29, 0.717) is 28.4 Å². The van der Waals surface area contributed by atoms with Crippen LogP contribution in [0.25, 0.3) is 11.5 Å². The second kappa shape index (κ2) is 8.22. The molecule has 0 saturated heterocycles. The summed E-state index contributed by atoms with van der Waals surface area (Å²) < 4.78 is 6.94. The summed E-state index contributed by atoms with van der Waals surface area (Å²) in [5, 5.41) is 18.1. The molecule has 4 aromatic heterocycles. The van der Waals surface area contributed by atoms with Gasteiger partial charge >= 0.3 is 6.03 Å². The lowest BCUT2D eigenvalue weighted by Gasteiger charge is -2.16. The van der Waals surface area contributed by atoms with Crippen molar-refractivity contribution in [1.82, 2.24) is 34.6 Å². The normalized spacial score (nSPS) is 12.1. The van der Waals surface area contributed by atoms with Crippen molar-refractivity contribution < 1.29 is 9.53 Å². The predicted molar refractivity (Wildman–Crippen MR) is 110 cm³/mol. The molecule has 13 heteroatoms. The third-order valence-corrected chi connectivity index (χ3v) is 4.66. The molecule has 0 fully saturated rings. The molecule has 30 heavy (non-hydrogen) atoms. The van der Waals surface area contributed by atoms with Gasteiger partial charge < -0.3 is 15.4 Å². The summed E-state index contributed by atoms with van der Waals surface area (Å²) in [6, 6.07) is 1.02. The molecule has 0 aromatic carbocycles. The van der Waals surface area contributed by atoms with Crippen LogP contribution in [0.5, 0.6) is 0 Å². The number of nitrogens with zero attached hydrogens (tertiary/aromatic N) is 7. The number of rotatable bonds is 5. The van der Waals surface area contributed by atoms with Crippen molar-refractivity contribution in [3.05, 3.63) is 52.8 Å². The summed E-state index contributed by atoms with van der Waals surface area (Å²) in [5.41, 5.74) is 1.92. The summed E-state index contributed by atoms with van der Waals surface area (Å²) in [7, 11) is 1.56. The molecule has 0 aliphatic rings. The van der Waals surface area contributed by atoms with E-state index in [1.807, 2.05) is 6.92 Å². The van der Waals surface area contributed by atoms with Crippen LogP contribution in [0, 0.1) is 0 Å². The third-order valence-electron chi connectivity index (χ3n) is 4.20. The monoisotopic (exact) mass is 447 g/mol. The number of anilines is 2. The number of fused-ring (bicyclic) bond motifs is 1. The second-order valence-corrected chi connectivity index (χ2v) is 6.90. The van der Waals surface area contributed by atoms with Gasteiger partial charge in [0.05, 0.1) is 59.0 Å². The number of carbonyl (C=O) groups excluding carboxylic acids is 1.